The number of halogens is 1. The lowest BCUT2D eigenvalue weighted by Gasteiger charge is -2.04. The van der Waals surface area contributed by atoms with Crippen molar-refractivity contribution in [1.29, 1.82) is 0 Å². The lowest BCUT2D eigenvalue weighted by atomic mass is 10.2. The monoisotopic (exact) mass is 297 g/mol. The summed E-state index contributed by atoms with van der Waals surface area (Å²) in [4.78, 5) is 1.30. The zero-order valence-electron chi connectivity index (χ0n) is 9.21. The van der Waals surface area contributed by atoms with Crippen molar-refractivity contribution in [3.63, 3.8) is 0 Å². The second kappa shape index (κ2) is 5.89. The van der Waals surface area contributed by atoms with Crippen LogP contribution in [0.3, 0.4) is 0 Å². The van der Waals surface area contributed by atoms with Crippen LogP contribution in [0, 0.1) is 0 Å². The molecule has 0 saturated heterocycles. The first-order valence-electron chi connectivity index (χ1n) is 5.52. The fraction of sp³-hybridized carbons (Fsp3) is 0.385. The molecule has 3 heteroatoms. The standard InChI is InChI=1S/C13H16BrNS/c1-10(14)9-16-13-6-2-11(3-7-13)8-15-12-4-5-12/h2-3,6-7,12,15H,1,4-5,8-9H2. The van der Waals surface area contributed by atoms with Crippen molar-refractivity contribution < 1.29 is 0 Å². The SMILES string of the molecule is C=C(Br)CSc1ccc(CNC2CC2)cc1. The average Bonchev–Trinajstić information content (AvgIpc) is 3.09. The van der Waals surface area contributed by atoms with Crippen LogP contribution in [0.25, 0.3) is 0 Å². The molecular formula is C13H16BrNS. The van der Waals surface area contributed by atoms with Crippen molar-refractivity contribution in [3.05, 3.63) is 40.9 Å². The number of hydrogen-bond donors (Lipinski definition) is 1. The number of benzene rings is 1. The predicted octanol–water partition coefficient (Wildman–Crippen LogP) is 3.94. The Kier molecular flexibility index (Phi) is 4.50. The molecule has 0 unspecified atom stereocenters. The summed E-state index contributed by atoms with van der Waals surface area (Å²) < 4.78 is 1.04. The van der Waals surface area contributed by atoms with Gasteiger partial charge in [-0.2, -0.15) is 0 Å². The van der Waals surface area contributed by atoms with E-state index in [0.29, 0.717) is 0 Å². The molecule has 1 nitrogen and oxygen atoms in total. The summed E-state index contributed by atoms with van der Waals surface area (Å²) in [5.41, 5.74) is 1.37. The second-order valence-electron chi connectivity index (χ2n) is 4.11. The van der Waals surface area contributed by atoms with Gasteiger partial charge in [0.05, 0.1) is 0 Å². The van der Waals surface area contributed by atoms with E-state index in [2.05, 4.69) is 52.1 Å². The first-order valence-corrected chi connectivity index (χ1v) is 7.30. The van der Waals surface area contributed by atoms with E-state index in [4.69, 9.17) is 0 Å². The molecule has 0 aliphatic heterocycles. The Morgan fingerprint density at radius 3 is 2.62 bits per heavy atom. The van der Waals surface area contributed by atoms with Gasteiger partial charge in [0.1, 0.15) is 0 Å². The summed E-state index contributed by atoms with van der Waals surface area (Å²) in [6.07, 6.45) is 2.70. The summed E-state index contributed by atoms with van der Waals surface area (Å²) in [6, 6.07) is 9.56. The van der Waals surface area contributed by atoms with Crippen LogP contribution in [0.15, 0.2) is 40.2 Å². The van der Waals surface area contributed by atoms with E-state index in [-0.39, 0.29) is 0 Å². The molecule has 86 valence electrons. The molecule has 0 atom stereocenters. The molecule has 0 aromatic heterocycles. The van der Waals surface area contributed by atoms with Crippen molar-refractivity contribution in [1.82, 2.24) is 5.32 Å². The van der Waals surface area contributed by atoms with E-state index in [0.717, 1.165) is 22.8 Å². The molecule has 0 amide bonds. The van der Waals surface area contributed by atoms with Crippen molar-refractivity contribution in [2.24, 2.45) is 0 Å². The predicted molar refractivity (Wildman–Crippen MR) is 75.1 cm³/mol. The molecule has 1 aliphatic rings. The van der Waals surface area contributed by atoms with Gasteiger partial charge in [-0.05, 0) is 35.0 Å². The van der Waals surface area contributed by atoms with Crippen LogP contribution in [-0.2, 0) is 6.54 Å². The third-order valence-electron chi connectivity index (χ3n) is 2.49. The van der Waals surface area contributed by atoms with Crippen LogP contribution >= 0.6 is 27.7 Å². The van der Waals surface area contributed by atoms with Gasteiger partial charge < -0.3 is 5.32 Å². The zero-order chi connectivity index (χ0) is 11.4. The van der Waals surface area contributed by atoms with Crippen molar-refractivity contribution in [2.45, 2.75) is 30.3 Å². The lowest BCUT2D eigenvalue weighted by Crippen LogP contribution is -2.14. The fourth-order valence-electron chi connectivity index (χ4n) is 1.41. The summed E-state index contributed by atoms with van der Waals surface area (Å²) in [5.74, 6) is 0.930. The topological polar surface area (TPSA) is 12.0 Å². The van der Waals surface area contributed by atoms with E-state index in [1.165, 1.54) is 23.3 Å². The average molecular weight is 298 g/mol. The Morgan fingerprint density at radius 1 is 1.38 bits per heavy atom. The van der Waals surface area contributed by atoms with E-state index in [1.54, 1.807) is 0 Å². The Morgan fingerprint density at radius 2 is 2.06 bits per heavy atom. The Labute approximate surface area is 110 Å². The molecule has 1 saturated carbocycles. The van der Waals surface area contributed by atoms with Crippen molar-refractivity contribution >= 4 is 27.7 Å². The normalized spacial score (nSPS) is 15.1. The molecule has 2 rings (SSSR count). The van der Waals surface area contributed by atoms with Gasteiger partial charge in [-0.3, -0.25) is 0 Å². The minimum atomic E-state index is 0.783. The molecular weight excluding hydrogens is 282 g/mol. The van der Waals surface area contributed by atoms with Crippen LogP contribution in [0.1, 0.15) is 18.4 Å². The van der Waals surface area contributed by atoms with Gasteiger partial charge in [0.25, 0.3) is 0 Å². The molecule has 1 aromatic carbocycles. The van der Waals surface area contributed by atoms with Gasteiger partial charge in [0.2, 0.25) is 0 Å². The third kappa shape index (κ3) is 4.32. The lowest BCUT2D eigenvalue weighted by molar-refractivity contribution is 0.687. The molecule has 0 heterocycles. The van der Waals surface area contributed by atoms with Crippen LogP contribution in [0.4, 0.5) is 0 Å². The smallest absolute Gasteiger partial charge is 0.0292 e. The Balaban J connectivity index is 1.80. The van der Waals surface area contributed by atoms with Crippen molar-refractivity contribution in [3.8, 4) is 0 Å². The van der Waals surface area contributed by atoms with Gasteiger partial charge in [0, 0.05) is 23.2 Å². The summed E-state index contributed by atoms with van der Waals surface area (Å²) >= 11 is 5.18. The minimum absolute atomic E-state index is 0.783. The largest absolute Gasteiger partial charge is 0.310 e. The zero-order valence-corrected chi connectivity index (χ0v) is 11.6. The quantitative estimate of drug-likeness (QED) is 0.798. The van der Waals surface area contributed by atoms with Gasteiger partial charge in [0.15, 0.2) is 0 Å². The summed E-state index contributed by atoms with van der Waals surface area (Å²) in [5, 5.41) is 3.51. The van der Waals surface area contributed by atoms with Gasteiger partial charge in [-0.15, -0.1) is 11.8 Å². The highest BCUT2D eigenvalue weighted by atomic mass is 79.9. The molecule has 1 N–H and O–H groups in total. The first kappa shape index (κ1) is 12.2. The maximum absolute atomic E-state index is 3.83. The summed E-state index contributed by atoms with van der Waals surface area (Å²) in [6.45, 7) is 4.83. The maximum Gasteiger partial charge on any atom is 0.0292 e. The van der Waals surface area contributed by atoms with Crippen LogP contribution < -0.4 is 5.32 Å². The number of hydrogen-bond acceptors (Lipinski definition) is 2. The van der Waals surface area contributed by atoms with Crippen LogP contribution in [0.5, 0.6) is 0 Å². The van der Waals surface area contributed by atoms with Gasteiger partial charge in [-0.1, -0.05) is 34.6 Å². The van der Waals surface area contributed by atoms with E-state index < -0.39 is 0 Å². The highest BCUT2D eigenvalue weighted by Gasteiger charge is 2.19. The van der Waals surface area contributed by atoms with Crippen LogP contribution in [0.2, 0.25) is 0 Å². The highest BCUT2D eigenvalue weighted by molar-refractivity contribution is 9.11. The molecule has 1 aromatic rings. The third-order valence-corrected chi connectivity index (χ3v) is 4.24. The number of rotatable bonds is 6. The van der Waals surface area contributed by atoms with Gasteiger partial charge in [-0.25, -0.2) is 0 Å². The Bertz CT molecular complexity index is 357. The fourth-order valence-corrected chi connectivity index (χ4v) is 2.41. The maximum atomic E-state index is 3.83. The van der Waals surface area contributed by atoms with E-state index in [9.17, 15) is 0 Å². The summed E-state index contributed by atoms with van der Waals surface area (Å²) in [7, 11) is 0. The molecule has 1 fully saturated rings. The molecule has 0 radical (unpaired) electrons. The van der Waals surface area contributed by atoms with E-state index in [1.807, 2.05) is 11.8 Å². The van der Waals surface area contributed by atoms with E-state index >= 15 is 0 Å². The highest BCUT2D eigenvalue weighted by Crippen LogP contribution is 2.23. The molecule has 1 aliphatic carbocycles. The number of thioether (sulfide) groups is 1. The molecule has 0 bridgehead atoms. The van der Waals surface area contributed by atoms with Crippen LogP contribution in [-0.4, -0.2) is 11.8 Å². The van der Waals surface area contributed by atoms with Gasteiger partial charge >= 0.3 is 0 Å². The first-order chi connectivity index (χ1) is 7.74. The minimum Gasteiger partial charge on any atom is -0.310 e. The molecule has 16 heavy (non-hydrogen) atoms. The van der Waals surface area contributed by atoms with Crippen molar-refractivity contribution in [2.75, 3.05) is 5.75 Å². The Hall–Kier alpha value is -0.250. The molecule has 0 spiro atoms. The second-order valence-corrected chi connectivity index (χ2v) is 6.28. The number of nitrogens with one attached hydrogen (secondary N) is 1.